The third-order valence-electron chi connectivity index (χ3n) is 3.07. The van der Waals surface area contributed by atoms with Gasteiger partial charge in [0.2, 0.25) is 0 Å². The van der Waals surface area contributed by atoms with Crippen molar-refractivity contribution in [3.63, 3.8) is 0 Å². The van der Waals surface area contributed by atoms with E-state index in [2.05, 4.69) is 4.72 Å². The summed E-state index contributed by atoms with van der Waals surface area (Å²) in [4.78, 5) is 0.193. The zero-order valence-corrected chi connectivity index (χ0v) is 14.1. The number of rotatable bonds is 6. The Morgan fingerprint density at radius 3 is 2.81 bits per heavy atom. The molecule has 4 nitrogen and oxygen atoms in total. The van der Waals surface area contributed by atoms with Gasteiger partial charge in [0.05, 0.1) is 17.2 Å². The molecule has 0 saturated carbocycles. The van der Waals surface area contributed by atoms with Crippen LogP contribution in [0.25, 0.3) is 0 Å². The fourth-order valence-corrected chi connectivity index (χ4v) is 4.39. The van der Waals surface area contributed by atoms with Crippen LogP contribution in [-0.2, 0) is 21.2 Å². The minimum atomic E-state index is -3.65. The second-order valence-electron chi connectivity index (χ2n) is 4.52. The summed E-state index contributed by atoms with van der Waals surface area (Å²) in [6.45, 7) is 2.23. The molecule has 114 valence electrons. The van der Waals surface area contributed by atoms with E-state index in [4.69, 9.17) is 16.3 Å². The van der Waals surface area contributed by atoms with Gasteiger partial charge in [0.15, 0.2) is 0 Å². The van der Waals surface area contributed by atoms with Crippen LogP contribution in [0.4, 0.5) is 5.69 Å². The Labute approximate surface area is 133 Å². The Morgan fingerprint density at radius 1 is 1.33 bits per heavy atom. The van der Waals surface area contributed by atoms with E-state index >= 15 is 0 Å². The van der Waals surface area contributed by atoms with Gasteiger partial charge in [-0.2, -0.15) is 0 Å². The van der Waals surface area contributed by atoms with Gasteiger partial charge in [-0.1, -0.05) is 17.7 Å². The first-order chi connectivity index (χ1) is 9.95. The Kier molecular flexibility index (Phi) is 5.27. The van der Waals surface area contributed by atoms with Crippen LogP contribution in [0.3, 0.4) is 0 Å². The topological polar surface area (TPSA) is 55.4 Å². The van der Waals surface area contributed by atoms with Crippen molar-refractivity contribution in [2.75, 3.05) is 18.4 Å². The molecular weight excluding hydrogens is 330 g/mol. The first-order valence-electron chi connectivity index (χ1n) is 6.27. The molecule has 7 heteroatoms. The molecule has 0 atom stereocenters. The smallest absolute Gasteiger partial charge is 0.262 e. The van der Waals surface area contributed by atoms with Crippen LogP contribution in [0.2, 0.25) is 5.02 Å². The lowest BCUT2D eigenvalue weighted by atomic mass is 10.2. The fraction of sp³-hybridized carbons (Fsp3) is 0.286. The van der Waals surface area contributed by atoms with Gasteiger partial charge >= 0.3 is 0 Å². The summed E-state index contributed by atoms with van der Waals surface area (Å²) in [7, 11) is -2.04. The van der Waals surface area contributed by atoms with Crippen LogP contribution in [0.5, 0.6) is 0 Å². The number of nitrogens with one attached hydrogen (secondary N) is 1. The number of hydrogen-bond donors (Lipinski definition) is 1. The molecule has 1 aromatic carbocycles. The van der Waals surface area contributed by atoms with E-state index in [1.54, 1.807) is 37.6 Å². The molecule has 1 N–H and O–H groups in total. The first kappa shape index (κ1) is 16.3. The number of ether oxygens (including phenoxy) is 1. The van der Waals surface area contributed by atoms with Crippen LogP contribution in [0, 0.1) is 6.92 Å². The highest BCUT2D eigenvalue weighted by Crippen LogP contribution is 2.28. The van der Waals surface area contributed by atoms with Gasteiger partial charge < -0.3 is 4.74 Å². The molecule has 0 fully saturated rings. The molecule has 1 aromatic heterocycles. The number of methoxy groups -OCH3 is 1. The molecular formula is C14H16ClNO3S2. The second-order valence-corrected chi connectivity index (χ2v) is 7.32. The standard InChI is InChI=1S/C14H16ClNO3S2/c1-10-12(15)4-3-5-14(10)21(17,18)16-13-9-20-8-11(13)6-7-19-2/h3-5,8-9,16H,6-7H2,1-2H3. The second kappa shape index (κ2) is 6.79. The minimum Gasteiger partial charge on any atom is -0.384 e. The Bertz CT molecular complexity index is 726. The van der Waals surface area contributed by atoms with Crippen molar-refractivity contribution >= 4 is 38.6 Å². The molecule has 0 aliphatic rings. The van der Waals surface area contributed by atoms with Gasteiger partial charge in [-0.3, -0.25) is 4.72 Å². The number of anilines is 1. The molecule has 0 unspecified atom stereocenters. The minimum absolute atomic E-state index is 0.193. The lowest BCUT2D eigenvalue weighted by molar-refractivity contribution is 0.202. The third kappa shape index (κ3) is 3.77. The number of benzene rings is 1. The van der Waals surface area contributed by atoms with Crippen molar-refractivity contribution in [3.8, 4) is 0 Å². The highest BCUT2D eigenvalue weighted by Gasteiger charge is 2.19. The SMILES string of the molecule is COCCc1cscc1NS(=O)(=O)c1cccc(Cl)c1C. The fourth-order valence-electron chi connectivity index (χ4n) is 1.90. The lowest BCUT2D eigenvalue weighted by Gasteiger charge is -2.11. The lowest BCUT2D eigenvalue weighted by Crippen LogP contribution is -2.15. The molecule has 0 amide bonds. The molecule has 0 bridgehead atoms. The van der Waals surface area contributed by atoms with Crippen molar-refractivity contribution < 1.29 is 13.2 Å². The molecule has 1 heterocycles. The monoisotopic (exact) mass is 345 g/mol. The zero-order chi connectivity index (χ0) is 15.5. The van der Waals surface area contributed by atoms with E-state index in [9.17, 15) is 8.42 Å². The van der Waals surface area contributed by atoms with Crippen LogP contribution >= 0.6 is 22.9 Å². The maximum absolute atomic E-state index is 12.5. The highest BCUT2D eigenvalue weighted by molar-refractivity contribution is 7.92. The molecule has 0 aliphatic heterocycles. The number of sulfonamides is 1. The third-order valence-corrected chi connectivity index (χ3v) is 5.78. The molecule has 2 aromatic rings. The summed E-state index contributed by atoms with van der Waals surface area (Å²) < 4.78 is 32.7. The molecule has 0 spiro atoms. The summed E-state index contributed by atoms with van der Waals surface area (Å²) in [5.74, 6) is 0. The van der Waals surface area contributed by atoms with Gasteiger partial charge in [0.25, 0.3) is 10.0 Å². The van der Waals surface area contributed by atoms with E-state index in [0.717, 1.165) is 5.56 Å². The first-order valence-corrected chi connectivity index (χ1v) is 9.08. The average Bonchev–Trinajstić information content (AvgIpc) is 2.85. The van der Waals surface area contributed by atoms with Crippen molar-refractivity contribution in [2.24, 2.45) is 0 Å². The molecule has 0 aliphatic carbocycles. The van der Waals surface area contributed by atoms with Gasteiger partial charge in [-0.15, -0.1) is 11.3 Å². The summed E-state index contributed by atoms with van der Waals surface area (Å²) >= 11 is 7.45. The van der Waals surface area contributed by atoms with E-state index in [1.807, 2.05) is 5.38 Å². The Hall–Kier alpha value is -1.08. The van der Waals surface area contributed by atoms with E-state index < -0.39 is 10.0 Å². The summed E-state index contributed by atoms with van der Waals surface area (Å²) in [6, 6.07) is 4.85. The molecule has 0 saturated heterocycles. The van der Waals surface area contributed by atoms with E-state index in [1.165, 1.54) is 11.3 Å². The Balaban J connectivity index is 2.30. The average molecular weight is 346 g/mol. The Morgan fingerprint density at radius 2 is 2.10 bits per heavy atom. The summed E-state index contributed by atoms with van der Waals surface area (Å²) in [6.07, 6.45) is 0.659. The summed E-state index contributed by atoms with van der Waals surface area (Å²) in [5, 5.41) is 4.13. The predicted octanol–water partition coefficient (Wildman–Crippen LogP) is 3.70. The molecule has 21 heavy (non-hydrogen) atoms. The predicted molar refractivity (Wildman–Crippen MR) is 86.9 cm³/mol. The van der Waals surface area contributed by atoms with Crippen molar-refractivity contribution in [1.82, 2.24) is 0 Å². The van der Waals surface area contributed by atoms with Crippen LogP contribution in [-0.4, -0.2) is 22.1 Å². The number of halogens is 1. The number of hydrogen-bond acceptors (Lipinski definition) is 4. The largest absolute Gasteiger partial charge is 0.384 e. The normalized spacial score (nSPS) is 11.6. The maximum Gasteiger partial charge on any atom is 0.262 e. The quantitative estimate of drug-likeness (QED) is 0.868. The van der Waals surface area contributed by atoms with Gasteiger partial charge in [-0.25, -0.2) is 8.42 Å². The van der Waals surface area contributed by atoms with Crippen LogP contribution in [0.15, 0.2) is 33.9 Å². The zero-order valence-electron chi connectivity index (χ0n) is 11.7. The molecule has 2 rings (SSSR count). The van der Waals surface area contributed by atoms with Gasteiger partial charge in [0, 0.05) is 17.5 Å². The van der Waals surface area contributed by atoms with Crippen molar-refractivity contribution in [2.45, 2.75) is 18.2 Å². The number of thiophene rings is 1. The van der Waals surface area contributed by atoms with Crippen molar-refractivity contribution in [3.05, 3.63) is 45.1 Å². The van der Waals surface area contributed by atoms with Gasteiger partial charge in [-0.05, 0) is 42.0 Å². The van der Waals surface area contributed by atoms with E-state index in [0.29, 0.717) is 29.3 Å². The summed E-state index contributed by atoms with van der Waals surface area (Å²) in [5.41, 5.74) is 2.06. The van der Waals surface area contributed by atoms with Crippen molar-refractivity contribution in [1.29, 1.82) is 0 Å². The molecule has 0 radical (unpaired) electrons. The highest BCUT2D eigenvalue weighted by atomic mass is 35.5. The van der Waals surface area contributed by atoms with E-state index in [-0.39, 0.29) is 4.90 Å². The maximum atomic E-state index is 12.5. The van der Waals surface area contributed by atoms with Gasteiger partial charge in [0.1, 0.15) is 0 Å². The van der Waals surface area contributed by atoms with Crippen LogP contribution in [0.1, 0.15) is 11.1 Å². The van der Waals surface area contributed by atoms with Crippen LogP contribution < -0.4 is 4.72 Å².